The van der Waals surface area contributed by atoms with Gasteiger partial charge in [0, 0.05) is 6.04 Å². The van der Waals surface area contributed by atoms with E-state index in [0.29, 0.717) is 6.04 Å². The molecule has 2 rings (SSSR count). The second-order valence-electron chi connectivity index (χ2n) is 4.86. The minimum Gasteiger partial charge on any atom is -0.372 e. The van der Waals surface area contributed by atoms with Crippen molar-refractivity contribution in [3.8, 4) is 0 Å². The van der Waals surface area contributed by atoms with Crippen LogP contribution in [0.5, 0.6) is 0 Å². The van der Waals surface area contributed by atoms with E-state index in [-0.39, 0.29) is 5.78 Å². The molecule has 1 heterocycles. The summed E-state index contributed by atoms with van der Waals surface area (Å²) in [5, 5.41) is 4.50. The van der Waals surface area contributed by atoms with Crippen LogP contribution in [0, 0.1) is 6.92 Å². The minimum absolute atomic E-state index is 0.118. The molecular formula is C13H20N2OS. The van der Waals surface area contributed by atoms with Gasteiger partial charge in [-0.05, 0) is 38.2 Å². The maximum atomic E-state index is 11.6. The predicted molar refractivity (Wildman–Crippen MR) is 72.0 cm³/mol. The maximum absolute atomic E-state index is 11.6. The lowest BCUT2D eigenvalue weighted by Crippen LogP contribution is -2.18. The van der Waals surface area contributed by atoms with E-state index in [1.165, 1.54) is 50.1 Å². The average Bonchev–Trinajstić information content (AvgIpc) is 2.51. The Labute approximate surface area is 107 Å². The Morgan fingerprint density at radius 1 is 1.29 bits per heavy atom. The number of rotatable bonds is 3. The molecule has 0 amide bonds. The van der Waals surface area contributed by atoms with Crippen molar-refractivity contribution in [2.75, 3.05) is 5.32 Å². The summed E-state index contributed by atoms with van der Waals surface area (Å²) in [6, 6.07) is 0.524. The fraction of sp³-hybridized carbons (Fsp3) is 0.692. The number of ketones is 1. The minimum atomic E-state index is 0.118. The zero-order valence-electron chi connectivity index (χ0n) is 10.6. The monoisotopic (exact) mass is 252 g/mol. The molecule has 94 valence electrons. The number of hydrogen-bond acceptors (Lipinski definition) is 4. The zero-order chi connectivity index (χ0) is 12.3. The van der Waals surface area contributed by atoms with Crippen molar-refractivity contribution in [3.05, 3.63) is 11.3 Å². The molecular weight excluding hydrogens is 232 g/mol. The van der Waals surface area contributed by atoms with Crippen LogP contribution in [-0.2, 0) is 0 Å². The van der Waals surface area contributed by atoms with Gasteiger partial charge < -0.3 is 5.32 Å². The molecule has 4 heteroatoms. The van der Waals surface area contributed by atoms with Crippen LogP contribution in [0.3, 0.4) is 0 Å². The fourth-order valence-electron chi connectivity index (χ4n) is 2.49. The van der Waals surface area contributed by atoms with Crippen molar-refractivity contribution in [1.29, 1.82) is 0 Å². The van der Waals surface area contributed by atoms with Crippen LogP contribution in [0.2, 0.25) is 0 Å². The van der Waals surface area contributed by atoms with Crippen LogP contribution < -0.4 is 5.32 Å². The largest absolute Gasteiger partial charge is 0.372 e. The average molecular weight is 252 g/mol. The summed E-state index contributed by atoms with van der Waals surface area (Å²) in [7, 11) is 0. The van der Waals surface area contributed by atoms with E-state index in [1.807, 2.05) is 6.92 Å². The Bertz CT molecular complexity index is 392. The summed E-state index contributed by atoms with van der Waals surface area (Å²) in [5.74, 6) is 0.118. The normalized spacial score (nSPS) is 17.8. The summed E-state index contributed by atoms with van der Waals surface area (Å²) in [6.45, 7) is 3.53. The topological polar surface area (TPSA) is 42.0 Å². The van der Waals surface area contributed by atoms with Crippen molar-refractivity contribution in [2.45, 2.75) is 58.4 Å². The Morgan fingerprint density at radius 3 is 2.53 bits per heavy atom. The van der Waals surface area contributed by atoms with Gasteiger partial charge >= 0.3 is 0 Å². The molecule has 0 atom stereocenters. The number of nitrogens with zero attached hydrogens (tertiary/aromatic N) is 1. The van der Waals surface area contributed by atoms with E-state index in [9.17, 15) is 4.79 Å². The van der Waals surface area contributed by atoms with E-state index in [1.54, 1.807) is 6.92 Å². The molecule has 0 saturated heterocycles. The summed E-state index contributed by atoms with van der Waals surface area (Å²) < 4.78 is 4.29. The molecule has 1 aliphatic rings. The van der Waals surface area contributed by atoms with Crippen LogP contribution in [-0.4, -0.2) is 16.2 Å². The molecule has 1 aromatic heterocycles. The van der Waals surface area contributed by atoms with E-state index >= 15 is 0 Å². The fourth-order valence-corrected chi connectivity index (χ4v) is 3.41. The second-order valence-corrected chi connectivity index (χ2v) is 5.63. The van der Waals surface area contributed by atoms with Crippen molar-refractivity contribution in [1.82, 2.24) is 4.37 Å². The third-order valence-electron chi connectivity index (χ3n) is 3.41. The highest BCUT2D eigenvalue weighted by Crippen LogP contribution is 2.28. The van der Waals surface area contributed by atoms with Gasteiger partial charge in [-0.15, -0.1) is 0 Å². The molecule has 0 aliphatic heterocycles. The van der Waals surface area contributed by atoms with E-state index < -0.39 is 0 Å². The molecule has 1 aliphatic carbocycles. The first-order chi connectivity index (χ1) is 8.18. The summed E-state index contributed by atoms with van der Waals surface area (Å²) in [6.07, 6.45) is 7.72. The Kier molecular flexibility index (Phi) is 4.15. The third-order valence-corrected chi connectivity index (χ3v) is 4.27. The standard InChI is InChI=1S/C13H20N2OS/c1-9-12(10(2)16)13(17-15-9)14-11-7-5-3-4-6-8-11/h11,14H,3-8H2,1-2H3. The number of anilines is 1. The van der Waals surface area contributed by atoms with Gasteiger partial charge in [0.1, 0.15) is 5.00 Å². The number of carbonyl (C=O) groups excluding carboxylic acids is 1. The van der Waals surface area contributed by atoms with Crippen LogP contribution in [0.1, 0.15) is 61.5 Å². The lowest BCUT2D eigenvalue weighted by Gasteiger charge is -2.16. The van der Waals surface area contributed by atoms with Crippen LogP contribution in [0.4, 0.5) is 5.00 Å². The molecule has 1 fully saturated rings. The molecule has 1 saturated carbocycles. The molecule has 0 unspecified atom stereocenters. The number of hydrogen-bond donors (Lipinski definition) is 1. The van der Waals surface area contributed by atoms with Crippen molar-refractivity contribution >= 4 is 22.3 Å². The first-order valence-corrected chi connectivity index (χ1v) is 7.19. The SMILES string of the molecule is CC(=O)c1c(C)nsc1NC1CCCCCC1. The zero-order valence-corrected chi connectivity index (χ0v) is 11.4. The smallest absolute Gasteiger partial charge is 0.164 e. The van der Waals surface area contributed by atoms with Crippen molar-refractivity contribution in [3.63, 3.8) is 0 Å². The van der Waals surface area contributed by atoms with Crippen LogP contribution in [0.15, 0.2) is 0 Å². The molecule has 0 bridgehead atoms. The Balaban J connectivity index is 2.09. The molecule has 1 N–H and O–H groups in total. The quantitative estimate of drug-likeness (QED) is 0.657. The van der Waals surface area contributed by atoms with Crippen LogP contribution >= 0.6 is 11.5 Å². The number of aromatic nitrogens is 1. The second kappa shape index (κ2) is 5.63. The summed E-state index contributed by atoms with van der Waals surface area (Å²) in [4.78, 5) is 11.6. The van der Waals surface area contributed by atoms with Gasteiger partial charge in [0.05, 0.1) is 11.3 Å². The highest BCUT2D eigenvalue weighted by atomic mass is 32.1. The molecule has 0 aromatic carbocycles. The third kappa shape index (κ3) is 3.06. The highest BCUT2D eigenvalue weighted by Gasteiger charge is 2.18. The number of Topliss-reactive ketones (excluding diaryl/α,β-unsaturated/α-hetero) is 1. The lowest BCUT2D eigenvalue weighted by molar-refractivity contribution is 0.101. The molecule has 3 nitrogen and oxygen atoms in total. The maximum Gasteiger partial charge on any atom is 0.164 e. The van der Waals surface area contributed by atoms with Crippen LogP contribution in [0.25, 0.3) is 0 Å². The lowest BCUT2D eigenvalue weighted by atomic mass is 10.1. The van der Waals surface area contributed by atoms with Crippen molar-refractivity contribution in [2.24, 2.45) is 0 Å². The van der Waals surface area contributed by atoms with Gasteiger partial charge in [0.25, 0.3) is 0 Å². The first kappa shape index (κ1) is 12.6. The number of carbonyl (C=O) groups is 1. The Hall–Kier alpha value is -0.900. The van der Waals surface area contributed by atoms with E-state index in [0.717, 1.165) is 16.3 Å². The van der Waals surface area contributed by atoms with Gasteiger partial charge in [0.2, 0.25) is 0 Å². The van der Waals surface area contributed by atoms with Gasteiger partial charge in [-0.2, -0.15) is 4.37 Å². The summed E-state index contributed by atoms with van der Waals surface area (Å²) in [5.41, 5.74) is 1.65. The molecule has 0 radical (unpaired) electrons. The highest BCUT2D eigenvalue weighted by molar-refractivity contribution is 7.10. The number of aryl methyl sites for hydroxylation is 1. The summed E-state index contributed by atoms with van der Waals surface area (Å²) >= 11 is 1.42. The van der Waals surface area contributed by atoms with Gasteiger partial charge in [-0.25, -0.2) is 0 Å². The van der Waals surface area contributed by atoms with Gasteiger partial charge in [0.15, 0.2) is 5.78 Å². The van der Waals surface area contributed by atoms with Gasteiger partial charge in [-0.1, -0.05) is 25.7 Å². The Morgan fingerprint density at radius 2 is 1.94 bits per heavy atom. The van der Waals surface area contributed by atoms with E-state index in [4.69, 9.17) is 0 Å². The first-order valence-electron chi connectivity index (χ1n) is 6.42. The van der Waals surface area contributed by atoms with Gasteiger partial charge in [-0.3, -0.25) is 4.79 Å². The number of nitrogens with one attached hydrogen (secondary N) is 1. The molecule has 1 aromatic rings. The molecule has 0 spiro atoms. The molecule has 17 heavy (non-hydrogen) atoms. The van der Waals surface area contributed by atoms with Crippen molar-refractivity contribution < 1.29 is 4.79 Å². The van der Waals surface area contributed by atoms with E-state index in [2.05, 4.69) is 9.69 Å². The predicted octanol–water partition coefficient (Wildman–Crippen LogP) is 3.79.